The van der Waals surface area contributed by atoms with E-state index in [0.29, 0.717) is 0 Å². The van der Waals surface area contributed by atoms with Gasteiger partial charge in [0.25, 0.3) is 0 Å². The molecule has 0 amide bonds. The summed E-state index contributed by atoms with van der Waals surface area (Å²) in [7, 11) is 0. The highest BCUT2D eigenvalue weighted by Gasteiger charge is 2.11. The maximum atomic E-state index is 4.18. The largest absolute Gasteiger partial charge is 0.256 e. The van der Waals surface area contributed by atoms with Crippen molar-refractivity contribution in [2.24, 2.45) is 4.99 Å². The summed E-state index contributed by atoms with van der Waals surface area (Å²) in [5, 5.41) is 0. The molecular weight excluding hydrogens is 110 g/mol. The molecule has 0 saturated carbocycles. The molecule has 0 unspecified atom stereocenters. The Hall–Kier alpha value is -1.11. The van der Waals surface area contributed by atoms with Crippen LogP contribution in [0.25, 0.3) is 0 Å². The van der Waals surface area contributed by atoms with Crippen molar-refractivity contribution in [3.63, 3.8) is 0 Å². The van der Waals surface area contributed by atoms with E-state index >= 15 is 0 Å². The van der Waals surface area contributed by atoms with E-state index in [9.17, 15) is 0 Å². The SMILES string of the molecule is CC1=C2N=CC=C2C=C1. The maximum absolute atomic E-state index is 4.18. The smallest absolute Gasteiger partial charge is 0.0731 e. The van der Waals surface area contributed by atoms with Crippen LogP contribution in [0.2, 0.25) is 0 Å². The van der Waals surface area contributed by atoms with E-state index < -0.39 is 0 Å². The van der Waals surface area contributed by atoms with Crippen molar-refractivity contribution in [1.82, 2.24) is 0 Å². The minimum atomic E-state index is 1.15. The predicted molar refractivity (Wildman–Crippen MR) is 38.4 cm³/mol. The van der Waals surface area contributed by atoms with Gasteiger partial charge in [0.2, 0.25) is 0 Å². The number of hydrogen-bond donors (Lipinski definition) is 0. The van der Waals surface area contributed by atoms with Gasteiger partial charge >= 0.3 is 0 Å². The molecule has 1 heteroatoms. The first-order valence-electron chi connectivity index (χ1n) is 3.01. The van der Waals surface area contributed by atoms with Gasteiger partial charge in [0.1, 0.15) is 0 Å². The van der Waals surface area contributed by atoms with Gasteiger partial charge < -0.3 is 0 Å². The van der Waals surface area contributed by atoms with Gasteiger partial charge in [-0.1, -0.05) is 12.2 Å². The Bertz CT molecular complexity index is 264. The Kier molecular flexibility index (Phi) is 0.758. The molecular formula is C8H7N. The van der Waals surface area contributed by atoms with Gasteiger partial charge in [-0.15, -0.1) is 0 Å². The molecule has 0 atom stereocenters. The lowest BCUT2D eigenvalue weighted by molar-refractivity contribution is 1.35. The molecule has 0 spiro atoms. The van der Waals surface area contributed by atoms with Crippen LogP contribution in [0.4, 0.5) is 0 Å². The van der Waals surface area contributed by atoms with Crippen molar-refractivity contribution < 1.29 is 0 Å². The summed E-state index contributed by atoms with van der Waals surface area (Å²) < 4.78 is 0. The predicted octanol–water partition coefficient (Wildman–Crippen LogP) is 1.84. The fourth-order valence-electron chi connectivity index (χ4n) is 1.10. The van der Waals surface area contributed by atoms with Crippen LogP contribution in [-0.4, -0.2) is 6.21 Å². The first-order valence-corrected chi connectivity index (χ1v) is 3.01. The van der Waals surface area contributed by atoms with Crippen LogP contribution in [0.3, 0.4) is 0 Å². The van der Waals surface area contributed by atoms with Gasteiger partial charge in [0.05, 0.1) is 5.70 Å². The summed E-state index contributed by atoms with van der Waals surface area (Å²) in [4.78, 5) is 4.18. The third-order valence-corrected chi connectivity index (χ3v) is 1.62. The van der Waals surface area contributed by atoms with Crippen molar-refractivity contribution in [3.8, 4) is 0 Å². The molecule has 1 aliphatic heterocycles. The van der Waals surface area contributed by atoms with E-state index in [1.807, 2.05) is 12.3 Å². The molecule has 0 radical (unpaired) electrons. The average Bonchev–Trinajstić information content (AvgIpc) is 2.35. The topological polar surface area (TPSA) is 12.4 Å². The van der Waals surface area contributed by atoms with Crippen LogP contribution in [0.15, 0.2) is 40.1 Å². The zero-order chi connectivity index (χ0) is 6.27. The van der Waals surface area contributed by atoms with Crippen molar-refractivity contribution in [3.05, 3.63) is 35.1 Å². The second-order valence-electron chi connectivity index (χ2n) is 2.27. The van der Waals surface area contributed by atoms with Crippen LogP contribution in [0.1, 0.15) is 6.92 Å². The van der Waals surface area contributed by atoms with Crippen molar-refractivity contribution >= 4 is 6.21 Å². The van der Waals surface area contributed by atoms with Gasteiger partial charge in [-0.05, 0) is 18.6 Å². The number of hydrogen-bond acceptors (Lipinski definition) is 1. The standard InChI is InChI=1S/C8H7N/c1-6-2-3-7-4-5-9-8(6)7/h2-5H,1H3. The highest BCUT2D eigenvalue weighted by molar-refractivity contribution is 5.82. The number of allylic oxidation sites excluding steroid dienone is 4. The van der Waals surface area contributed by atoms with Gasteiger partial charge in [0.15, 0.2) is 0 Å². The lowest BCUT2D eigenvalue weighted by Gasteiger charge is -1.89. The van der Waals surface area contributed by atoms with Crippen LogP contribution in [0, 0.1) is 0 Å². The van der Waals surface area contributed by atoms with Crippen LogP contribution >= 0.6 is 0 Å². The van der Waals surface area contributed by atoms with Crippen molar-refractivity contribution in [2.75, 3.05) is 0 Å². The number of aliphatic imine (C=N–C) groups is 1. The summed E-state index contributed by atoms with van der Waals surface area (Å²) in [6.07, 6.45) is 8.06. The van der Waals surface area contributed by atoms with Crippen LogP contribution in [-0.2, 0) is 0 Å². The first-order chi connectivity index (χ1) is 4.38. The fourth-order valence-corrected chi connectivity index (χ4v) is 1.10. The number of nitrogens with zero attached hydrogens (tertiary/aromatic N) is 1. The zero-order valence-corrected chi connectivity index (χ0v) is 5.26. The molecule has 0 saturated heterocycles. The molecule has 9 heavy (non-hydrogen) atoms. The molecule has 0 fully saturated rings. The molecule has 2 aliphatic rings. The second kappa shape index (κ2) is 1.44. The van der Waals surface area contributed by atoms with Crippen molar-refractivity contribution in [1.29, 1.82) is 0 Å². The fraction of sp³-hybridized carbons (Fsp3) is 0.125. The average molecular weight is 117 g/mol. The van der Waals surface area contributed by atoms with E-state index in [4.69, 9.17) is 0 Å². The van der Waals surface area contributed by atoms with Gasteiger partial charge in [-0.2, -0.15) is 0 Å². The summed E-state index contributed by atoms with van der Waals surface area (Å²) in [5.41, 5.74) is 3.68. The highest BCUT2D eigenvalue weighted by atomic mass is 14.8. The van der Waals surface area contributed by atoms with E-state index in [1.54, 1.807) is 0 Å². The molecule has 2 rings (SSSR count). The van der Waals surface area contributed by atoms with Gasteiger partial charge in [-0.25, -0.2) is 0 Å². The Balaban J connectivity index is 2.62. The highest BCUT2D eigenvalue weighted by Crippen LogP contribution is 2.27. The summed E-state index contributed by atoms with van der Waals surface area (Å²) in [6, 6.07) is 0. The number of rotatable bonds is 0. The van der Waals surface area contributed by atoms with E-state index in [0.717, 1.165) is 5.70 Å². The lowest BCUT2D eigenvalue weighted by Crippen LogP contribution is -1.72. The Morgan fingerprint density at radius 3 is 3.00 bits per heavy atom. The first kappa shape index (κ1) is 4.74. The molecule has 1 heterocycles. The maximum Gasteiger partial charge on any atom is 0.0731 e. The summed E-state index contributed by atoms with van der Waals surface area (Å²) in [5.74, 6) is 0. The summed E-state index contributed by atoms with van der Waals surface area (Å²) in [6.45, 7) is 2.08. The number of fused-ring (bicyclic) bond motifs is 1. The summed E-state index contributed by atoms with van der Waals surface area (Å²) >= 11 is 0. The monoisotopic (exact) mass is 117 g/mol. The minimum Gasteiger partial charge on any atom is -0.256 e. The normalized spacial score (nSPS) is 21.2. The Morgan fingerprint density at radius 1 is 1.33 bits per heavy atom. The van der Waals surface area contributed by atoms with E-state index in [2.05, 4.69) is 24.1 Å². The van der Waals surface area contributed by atoms with Crippen LogP contribution < -0.4 is 0 Å². The molecule has 0 N–H and O–H groups in total. The third kappa shape index (κ3) is 0.515. The molecule has 1 aliphatic carbocycles. The van der Waals surface area contributed by atoms with E-state index in [-0.39, 0.29) is 0 Å². The Labute approximate surface area is 54.1 Å². The zero-order valence-electron chi connectivity index (χ0n) is 5.26. The van der Waals surface area contributed by atoms with Crippen molar-refractivity contribution in [2.45, 2.75) is 6.92 Å². The molecule has 0 aromatic rings. The van der Waals surface area contributed by atoms with Crippen LogP contribution in [0.5, 0.6) is 0 Å². The molecule has 0 aromatic heterocycles. The molecule has 0 aromatic carbocycles. The minimum absolute atomic E-state index is 1.15. The lowest BCUT2D eigenvalue weighted by atomic mass is 10.2. The van der Waals surface area contributed by atoms with Gasteiger partial charge in [0, 0.05) is 11.8 Å². The third-order valence-electron chi connectivity index (χ3n) is 1.62. The van der Waals surface area contributed by atoms with Gasteiger partial charge in [-0.3, -0.25) is 4.99 Å². The molecule has 44 valence electrons. The quantitative estimate of drug-likeness (QED) is 0.459. The molecule has 0 bridgehead atoms. The molecule has 1 nitrogen and oxygen atoms in total. The Morgan fingerprint density at radius 2 is 2.22 bits per heavy atom. The van der Waals surface area contributed by atoms with E-state index in [1.165, 1.54) is 11.1 Å². The second-order valence-corrected chi connectivity index (χ2v) is 2.27.